The van der Waals surface area contributed by atoms with Gasteiger partial charge in [-0.25, -0.2) is 0 Å². The maximum atomic E-state index is 11.7. The van der Waals surface area contributed by atoms with Crippen LogP contribution < -0.4 is 10.6 Å². The molecule has 116 valence electrons. The van der Waals surface area contributed by atoms with Gasteiger partial charge in [-0.1, -0.05) is 48.6 Å². The molecule has 2 rings (SSSR count). The molecule has 0 bridgehead atoms. The van der Waals surface area contributed by atoms with E-state index in [1.807, 2.05) is 37.3 Å². The topological polar surface area (TPSA) is 84.0 Å². The van der Waals surface area contributed by atoms with E-state index in [1.54, 1.807) is 0 Å². The van der Waals surface area contributed by atoms with E-state index < -0.39 is 0 Å². The molecule has 0 saturated carbocycles. The summed E-state index contributed by atoms with van der Waals surface area (Å²) < 4.78 is 0. The third kappa shape index (κ3) is 5.25. The summed E-state index contributed by atoms with van der Waals surface area (Å²) in [5.41, 5.74) is 0.949. The molecule has 1 aromatic heterocycles. The molecule has 22 heavy (non-hydrogen) atoms. The highest BCUT2D eigenvalue weighted by Crippen LogP contribution is 2.15. The Balaban J connectivity index is 1.67. The zero-order valence-corrected chi connectivity index (χ0v) is 13.2. The predicted molar refractivity (Wildman–Crippen MR) is 85.7 cm³/mol. The van der Waals surface area contributed by atoms with E-state index in [1.165, 1.54) is 11.3 Å². The number of anilines is 1. The van der Waals surface area contributed by atoms with Gasteiger partial charge in [-0.15, -0.1) is 10.2 Å². The van der Waals surface area contributed by atoms with E-state index in [0.29, 0.717) is 18.1 Å². The summed E-state index contributed by atoms with van der Waals surface area (Å²) in [4.78, 5) is 23.5. The Morgan fingerprint density at radius 3 is 2.59 bits per heavy atom. The second-order valence-corrected chi connectivity index (χ2v) is 5.73. The minimum atomic E-state index is -0.182. The highest BCUT2D eigenvalue weighted by molar-refractivity contribution is 7.15. The molecule has 0 aliphatic heterocycles. The number of benzene rings is 1. The number of aromatic nitrogens is 2. The third-order valence-corrected chi connectivity index (χ3v) is 3.88. The first-order valence-corrected chi connectivity index (χ1v) is 7.92. The number of carbonyl (C=O) groups is 2. The Morgan fingerprint density at radius 2 is 1.91 bits per heavy atom. The van der Waals surface area contributed by atoms with E-state index >= 15 is 0 Å². The van der Waals surface area contributed by atoms with Crippen molar-refractivity contribution in [3.8, 4) is 0 Å². The van der Waals surface area contributed by atoms with Gasteiger partial charge >= 0.3 is 0 Å². The molecule has 0 fully saturated rings. The fourth-order valence-electron chi connectivity index (χ4n) is 1.79. The van der Waals surface area contributed by atoms with Crippen molar-refractivity contribution >= 4 is 28.3 Å². The van der Waals surface area contributed by atoms with E-state index in [-0.39, 0.29) is 18.2 Å². The van der Waals surface area contributed by atoms with Crippen molar-refractivity contribution in [1.82, 2.24) is 15.5 Å². The largest absolute Gasteiger partial charge is 0.355 e. The van der Waals surface area contributed by atoms with Crippen LogP contribution in [0.3, 0.4) is 0 Å². The van der Waals surface area contributed by atoms with Gasteiger partial charge in [0, 0.05) is 13.0 Å². The van der Waals surface area contributed by atoms with Crippen molar-refractivity contribution in [2.24, 2.45) is 0 Å². The van der Waals surface area contributed by atoms with Crippen LogP contribution in [0.4, 0.5) is 5.13 Å². The maximum Gasteiger partial charge on any atom is 0.227 e. The van der Waals surface area contributed by atoms with Gasteiger partial charge in [-0.05, 0) is 12.0 Å². The van der Waals surface area contributed by atoms with Crippen LogP contribution in [0.1, 0.15) is 23.9 Å². The van der Waals surface area contributed by atoms with Crippen LogP contribution in [0, 0.1) is 0 Å². The van der Waals surface area contributed by atoms with Gasteiger partial charge in [0.05, 0.1) is 6.42 Å². The van der Waals surface area contributed by atoms with Gasteiger partial charge < -0.3 is 10.6 Å². The van der Waals surface area contributed by atoms with Gasteiger partial charge in [0.1, 0.15) is 5.01 Å². The zero-order chi connectivity index (χ0) is 15.8. The number of hydrogen-bond acceptors (Lipinski definition) is 5. The highest BCUT2D eigenvalue weighted by atomic mass is 32.1. The minimum Gasteiger partial charge on any atom is -0.355 e. The fraction of sp³-hybridized carbons (Fsp3) is 0.333. The van der Waals surface area contributed by atoms with Crippen molar-refractivity contribution in [2.75, 3.05) is 11.9 Å². The van der Waals surface area contributed by atoms with Crippen molar-refractivity contribution in [3.63, 3.8) is 0 Å². The normalized spacial score (nSPS) is 10.2. The first-order valence-electron chi connectivity index (χ1n) is 7.10. The Kier molecular flexibility index (Phi) is 6.02. The average molecular weight is 318 g/mol. The Morgan fingerprint density at radius 1 is 1.14 bits per heavy atom. The quantitative estimate of drug-likeness (QED) is 0.815. The Bertz CT molecular complexity index is 627. The van der Waals surface area contributed by atoms with Gasteiger partial charge in [-0.2, -0.15) is 0 Å². The number of amides is 2. The number of nitrogens with one attached hydrogen (secondary N) is 2. The lowest BCUT2D eigenvalue weighted by Crippen LogP contribution is -2.28. The third-order valence-electron chi connectivity index (χ3n) is 2.90. The Labute approximate surface area is 133 Å². The van der Waals surface area contributed by atoms with Gasteiger partial charge in [0.15, 0.2) is 0 Å². The van der Waals surface area contributed by atoms with Crippen LogP contribution >= 0.6 is 11.3 Å². The summed E-state index contributed by atoms with van der Waals surface area (Å²) in [6, 6.07) is 9.48. The van der Waals surface area contributed by atoms with Crippen molar-refractivity contribution in [3.05, 3.63) is 40.9 Å². The number of carbonyl (C=O) groups excluding carboxylic acids is 2. The average Bonchev–Trinajstić information content (AvgIpc) is 2.95. The fourth-order valence-corrected chi connectivity index (χ4v) is 2.48. The summed E-state index contributed by atoms with van der Waals surface area (Å²) in [5.74, 6) is -0.276. The SMILES string of the molecule is CCc1nnc(NC(=O)CCNC(=O)Cc2ccccc2)s1. The molecule has 0 aliphatic rings. The van der Waals surface area contributed by atoms with Crippen LogP contribution in [0.5, 0.6) is 0 Å². The first-order chi connectivity index (χ1) is 10.7. The van der Waals surface area contributed by atoms with E-state index in [2.05, 4.69) is 20.8 Å². The van der Waals surface area contributed by atoms with E-state index in [0.717, 1.165) is 17.0 Å². The minimum absolute atomic E-state index is 0.0943. The number of aryl methyl sites for hydroxylation is 1. The molecule has 0 unspecified atom stereocenters. The van der Waals surface area contributed by atoms with E-state index in [9.17, 15) is 9.59 Å². The van der Waals surface area contributed by atoms with Crippen LogP contribution in [0.2, 0.25) is 0 Å². The lowest BCUT2D eigenvalue weighted by atomic mass is 10.1. The molecule has 0 saturated heterocycles. The van der Waals surface area contributed by atoms with Crippen LogP contribution in [-0.2, 0) is 22.4 Å². The molecule has 1 aromatic carbocycles. The molecule has 7 heteroatoms. The summed E-state index contributed by atoms with van der Waals surface area (Å²) in [7, 11) is 0. The lowest BCUT2D eigenvalue weighted by Gasteiger charge is -2.05. The number of nitrogens with zero attached hydrogens (tertiary/aromatic N) is 2. The molecule has 2 N–H and O–H groups in total. The second kappa shape index (κ2) is 8.23. The molecule has 0 radical (unpaired) electrons. The molecule has 0 atom stereocenters. The predicted octanol–water partition coefficient (Wildman–Crippen LogP) is 1.79. The highest BCUT2D eigenvalue weighted by Gasteiger charge is 2.08. The molecular weight excluding hydrogens is 300 g/mol. The first kappa shape index (κ1) is 16.1. The maximum absolute atomic E-state index is 11.7. The summed E-state index contributed by atoms with van der Waals surface area (Å²) in [5, 5.41) is 14.6. The molecule has 2 amide bonds. The number of rotatable bonds is 7. The Hall–Kier alpha value is -2.28. The van der Waals surface area contributed by atoms with Crippen LogP contribution in [0.15, 0.2) is 30.3 Å². The molecule has 6 nitrogen and oxygen atoms in total. The van der Waals surface area contributed by atoms with Gasteiger partial charge in [0.2, 0.25) is 16.9 Å². The number of hydrogen-bond donors (Lipinski definition) is 2. The second-order valence-electron chi connectivity index (χ2n) is 4.67. The van der Waals surface area contributed by atoms with Crippen molar-refractivity contribution < 1.29 is 9.59 Å². The van der Waals surface area contributed by atoms with Crippen molar-refractivity contribution in [1.29, 1.82) is 0 Å². The standard InChI is InChI=1S/C15H18N4O2S/c1-2-14-18-19-15(22-14)17-12(20)8-9-16-13(21)10-11-6-4-3-5-7-11/h3-7H,2,8-10H2,1H3,(H,16,21)(H,17,19,20). The lowest BCUT2D eigenvalue weighted by molar-refractivity contribution is -0.120. The molecule has 1 heterocycles. The molecule has 2 aromatic rings. The summed E-state index contributed by atoms with van der Waals surface area (Å²) >= 11 is 1.36. The summed E-state index contributed by atoms with van der Waals surface area (Å²) in [6.07, 6.45) is 1.32. The molecule has 0 spiro atoms. The van der Waals surface area contributed by atoms with Crippen LogP contribution in [0.25, 0.3) is 0 Å². The van der Waals surface area contributed by atoms with Gasteiger partial charge in [-0.3, -0.25) is 9.59 Å². The van der Waals surface area contributed by atoms with Crippen molar-refractivity contribution in [2.45, 2.75) is 26.2 Å². The molecule has 0 aliphatic carbocycles. The van der Waals surface area contributed by atoms with Crippen LogP contribution in [-0.4, -0.2) is 28.6 Å². The smallest absolute Gasteiger partial charge is 0.227 e. The summed E-state index contributed by atoms with van der Waals surface area (Å²) in [6.45, 7) is 2.28. The van der Waals surface area contributed by atoms with E-state index in [4.69, 9.17) is 0 Å². The zero-order valence-electron chi connectivity index (χ0n) is 12.3. The molecular formula is C15H18N4O2S. The van der Waals surface area contributed by atoms with Gasteiger partial charge in [0.25, 0.3) is 0 Å². The monoisotopic (exact) mass is 318 g/mol.